The van der Waals surface area contributed by atoms with E-state index < -0.39 is 0 Å². The molecular weight excluding hydrogens is 452 g/mol. The number of benzene rings is 3. The van der Waals surface area contributed by atoms with Crippen molar-refractivity contribution in [1.29, 1.82) is 0 Å². The Hall–Kier alpha value is -4.39. The second-order valence-corrected chi connectivity index (χ2v) is 8.57. The van der Waals surface area contributed by atoms with E-state index in [2.05, 4.69) is 27.2 Å². The molecule has 0 bridgehead atoms. The topological polar surface area (TPSA) is 67.8 Å². The zero-order chi connectivity index (χ0) is 24.9. The Kier molecular flexibility index (Phi) is 6.80. The van der Waals surface area contributed by atoms with Gasteiger partial charge in [-0.3, -0.25) is 4.79 Å². The molecule has 1 aromatic heterocycles. The molecule has 1 amide bonds. The first-order chi connectivity index (χ1) is 17.7. The smallest absolute Gasteiger partial charge is 0.253 e. The van der Waals surface area contributed by atoms with Crippen LogP contribution in [0.5, 0.6) is 11.5 Å². The average Bonchev–Trinajstić information content (AvgIpc) is 2.97. The molecule has 0 spiro atoms. The van der Waals surface area contributed by atoms with E-state index in [-0.39, 0.29) is 5.91 Å². The van der Waals surface area contributed by atoms with Gasteiger partial charge in [0.25, 0.3) is 5.91 Å². The van der Waals surface area contributed by atoms with Crippen molar-refractivity contribution in [1.82, 2.24) is 15.1 Å². The van der Waals surface area contributed by atoms with Crippen molar-refractivity contribution in [2.75, 3.05) is 45.3 Å². The molecule has 1 fully saturated rings. The maximum atomic E-state index is 13.1. The summed E-state index contributed by atoms with van der Waals surface area (Å²) >= 11 is 0. The third kappa shape index (κ3) is 4.86. The second kappa shape index (κ2) is 10.5. The molecule has 1 aliphatic heterocycles. The molecule has 182 valence electrons. The minimum Gasteiger partial charge on any atom is -0.497 e. The van der Waals surface area contributed by atoms with Crippen molar-refractivity contribution in [2.24, 2.45) is 0 Å². The molecule has 0 N–H and O–H groups in total. The molecule has 0 atom stereocenters. The van der Waals surface area contributed by atoms with Crippen LogP contribution in [0.2, 0.25) is 0 Å². The standard InChI is InChI=1S/C29H28N4O3/c1-35-24-12-14-27(36-2)25(20-24)26-13-15-28(31-30-26)32-16-18-33(19-17-32)29(34)23-10-8-22(9-11-23)21-6-4-3-5-7-21/h3-15,20H,16-19H2,1-2H3. The van der Waals surface area contributed by atoms with E-state index in [1.54, 1.807) is 14.2 Å². The van der Waals surface area contributed by atoms with Crippen molar-refractivity contribution in [3.63, 3.8) is 0 Å². The van der Waals surface area contributed by atoms with Gasteiger partial charge in [0.1, 0.15) is 11.5 Å². The van der Waals surface area contributed by atoms with Crippen molar-refractivity contribution >= 4 is 11.7 Å². The SMILES string of the molecule is COc1ccc(OC)c(-c2ccc(N3CCN(C(=O)c4ccc(-c5ccccc5)cc4)CC3)nn2)c1. The highest BCUT2D eigenvalue weighted by molar-refractivity contribution is 5.95. The minimum absolute atomic E-state index is 0.0563. The first-order valence-electron chi connectivity index (χ1n) is 11.9. The van der Waals surface area contributed by atoms with Gasteiger partial charge in [-0.15, -0.1) is 10.2 Å². The highest BCUT2D eigenvalue weighted by atomic mass is 16.5. The molecule has 0 saturated carbocycles. The second-order valence-electron chi connectivity index (χ2n) is 8.57. The lowest BCUT2D eigenvalue weighted by Gasteiger charge is -2.35. The average molecular weight is 481 g/mol. The predicted octanol–water partition coefficient (Wildman–Crippen LogP) is 4.79. The summed E-state index contributed by atoms with van der Waals surface area (Å²) in [5.74, 6) is 2.29. The highest BCUT2D eigenvalue weighted by Crippen LogP contribution is 2.32. The molecule has 0 aliphatic carbocycles. The summed E-state index contributed by atoms with van der Waals surface area (Å²) in [4.78, 5) is 17.1. The van der Waals surface area contributed by atoms with Gasteiger partial charge >= 0.3 is 0 Å². The lowest BCUT2D eigenvalue weighted by molar-refractivity contribution is 0.0746. The molecule has 36 heavy (non-hydrogen) atoms. The quantitative estimate of drug-likeness (QED) is 0.395. The zero-order valence-electron chi connectivity index (χ0n) is 20.4. The number of carbonyl (C=O) groups is 1. The molecule has 2 heterocycles. The molecule has 0 radical (unpaired) electrons. The maximum absolute atomic E-state index is 13.1. The van der Waals surface area contributed by atoms with Gasteiger partial charge in [0.2, 0.25) is 0 Å². The fourth-order valence-electron chi connectivity index (χ4n) is 4.41. The molecule has 1 saturated heterocycles. The van der Waals surface area contributed by atoms with Gasteiger partial charge in [-0.1, -0.05) is 42.5 Å². The number of ether oxygens (including phenoxy) is 2. The van der Waals surface area contributed by atoms with Crippen LogP contribution >= 0.6 is 0 Å². The molecule has 4 aromatic rings. The Bertz CT molecular complexity index is 1320. The predicted molar refractivity (Wildman–Crippen MR) is 141 cm³/mol. The number of rotatable bonds is 6. The molecule has 7 nitrogen and oxygen atoms in total. The summed E-state index contributed by atoms with van der Waals surface area (Å²) in [6.45, 7) is 2.66. The van der Waals surface area contributed by atoms with Crippen LogP contribution in [0.4, 0.5) is 5.82 Å². The Balaban J connectivity index is 1.22. The number of methoxy groups -OCH3 is 2. The first-order valence-corrected chi connectivity index (χ1v) is 11.9. The summed E-state index contributed by atoms with van der Waals surface area (Å²) in [5, 5.41) is 8.89. The Morgan fingerprint density at radius 3 is 2.11 bits per heavy atom. The van der Waals surface area contributed by atoms with Crippen molar-refractivity contribution in [2.45, 2.75) is 0 Å². The number of nitrogens with zero attached hydrogens (tertiary/aromatic N) is 4. The summed E-state index contributed by atoms with van der Waals surface area (Å²) in [6.07, 6.45) is 0. The van der Waals surface area contributed by atoms with Crippen LogP contribution in [-0.4, -0.2) is 61.4 Å². The van der Waals surface area contributed by atoms with Crippen molar-refractivity contribution in [3.05, 3.63) is 90.5 Å². The Labute approximate surface area is 210 Å². The normalized spacial score (nSPS) is 13.4. The van der Waals surface area contributed by atoms with Gasteiger partial charge in [0.15, 0.2) is 5.82 Å². The zero-order valence-corrected chi connectivity index (χ0v) is 20.4. The van der Waals surface area contributed by atoms with E-state index in [1.165, 1.54) is 0 Å². The number of aromatic nitrogens is 2. The van der Waals surface area contributed by atoms with Gasteiger partial charge in [-0.25, -0.2) is 0 Å². The third-order valence-electron chi connectivity index (χ3n) is 6.46. The largest absolute Gasteiger partial charge is 0.497 e. The van der Waals surface area contributed by atoms with Crippen LogP contribution in [0.3, 0.4) is 0 Å². The van der Waals surface area contributed by atoms with Crippen LogP contribution in [-0.2, 0) is 0 Å². The molecule has 3 aromatic carbocycles. The van der Waals surface area contributed by atoms with Gasteiger partial charge in [-0.05, 0) is 53.6 Å². The number of amides is 1. The van der Waals surface area contributed by atoms with E-state index in [9.17, 15) is 4.79 Å². The van der Waals surface area contributed by atoms with Crippen LogP contribution in [0.25, 0.3) is 22.4 Å². The van der Waals surface area contributed by atoms with Crippen LogP contribution in [0, 0.1) is 0 Å². The number of hydrogen-bond acceptors (Lipinski definition) is 6. The van der Waals surface area contributed by atoms with Gasteiger partial charge < -0.3 is 19.3 Å². The van der Waals surface area contributed by atoms with Gasteiger partial charge in [0.05, 0.1) is 19.9 Å². The molecule has 7 heteroatoms. The van der Waals surface area contributed by atoms with Crippen LogP contribution in [0.15, 0.2) is 84.9 Å². The lowest BCUT2D eigenvalue weighted by atomic mass is 10.0. The van der Waals surface area contributed by atoms with Crippen LogP contribution in [0.1, 0.15) is 10.4 Å². The number of anilines is 1. The minimum atomic E-state index is 0.0563. The van der Waals surface area contributed by atoms with E-state index in [0.29, 0.717) is 43.2 Å². The lowest BCUT2D eigenvalue weighted by Crippen LogP contribution is -2.49. The summed E-state index contributed by atoms with van der Waals surface area (Å²) in [7, 11) is 3.26. The van der Waals surface area contributed by atoms with E-state index in [0.717, 1.165) is 28.3 Å². The summed E-state index contributed by atoms with van der Waals surface area (Å²) < 4.78 is 10.8. The fourth-order valence-corrected chi connectivity index (χ4v) is 4.41. The number of piperazine rings is 1. The van der Waals surface area contributed by atoms with Crippen LogP contribution < -0.4 is 14.4 Å². The van der Waals surface area contributed by atoms with E-state index in [4.69, 9.17) is 9.47 Å². The molecule has 0 unspecified atom stereocenters. The number of carbonyl (C=O) groups excluding carboxylic acids is 1. The number of hydrogen-bond donors (Lipinski definition) is 0. The monoisotopic (exact) mass is 480 g/mol. The highest BCUT2D eigenvalue weighted by Gasteiger charge is 2.23. The van der Waals surface area contributed by atoms with Gasteiger partial charge in [-0.2, -0.15) is 0 Å². The Morgan fingerprint density at radius 1 is 0.750 bits per heavy atom. The Morgan fingerprint density at radius 2 is 1.47 bits per heavy atom. The molecule has 1 aliphatic rings. The fraction of sp³-hybridized carbons (Fsp3) is 0.207. The van der Waals surface area contributed by atoms with Gasteiger partial charge in [0, 0.05) is 37.3 Å². The molecule has 5 rings (SSSR count). The van der Waals surface area contributed by atoms with E-state index in [1.807, 2.05) is 77.7 Å². The van der Waals surface area contributed by atoms with Crippen molar-refractivity contribution in [3.8, 4) is 33.9 Å². The maximum Gasteiger partial charge on any atom is 0.253 e. The summed E-state index contributed by atoms with van der Waals surface area (Å²) in [6, 6.07) is 27.5. The summed E-state index contributed by atoms with van der Waals surface area (Å²) in [5.41, 5.74) is 4.49. The third-order valence-corrected chi connectivity index (χ3v) is 6.46. The first kappa shape index (κ1) is 23.4. The van der Waals surface area contributed by atoms with E-state index >= 15 is 0 Å². The van der Waals surface area contributed by atoms with Crippen molar-refractivity contribution < 1.29 is 14.3 Å². The molecular formula is C29H28N4O3.